The maximum atomic E-state index is 2.21. The standard InChI is InChI=1S/2CH3.Al.FH/h2*1H3;;1H/q;;+1;/p-1. The van der Waals surface area contributed by atoms with Gasteiger partial charge in [0.15, 0.2) is 0 Å². The van der Waals surface area contributed by atoms with Gasteiger partial charge >= 0.3 is 26.8 Å². The zero-order chi connectivity index (χ0) is 2.71. The molecule has 0 atom stereocenters. The van der Waals surface area contributed by atoms with Crippen molar-refractivity contribution in [1.82, 2.24) is 0 Å². The minimum absolute atomic E-state index is 0. The van der Waals surface area contributed by atoms with E-state index in [0.29, 0.717) is 0 Å². The van der Waals surface area contributed by atoms with Crippen molar-refractivity contribution >= 4 is 15.2 Å². The molecule has 0 nitrogen and oxygen atoms in total. The third kappa shape index (κ3) is 24.6. The Kier molecular flexibility index (Phi) is 21.7. The van der Waals surface area contributed by atoms with Crippen LogP contribution in [-0.4, -0.2) is 15.2 Å². The van der Waals surface area contributed by atoms with Crippen LogP contribution in [0.1, 0.15) is 0 Å². The van der Waals surface area contributed by atoms with E-state index in [9.17, 15) is 0 Å². The minimum atomic E-state index is 0. The van der Waals surface area contributed by atoms with Gasteiger partial charge in [0.25, 0.3) is 0 Å². The van der Waals surface area contributed by atoms with Gasteiger partial charge in [-0.05, 0) is 0 Å². The van der Waals surface area contributed by atoms with Crippen LogP contribution in [0, 0.1) is 0 Å². The minimum Gasteiger partial charge on any atom is -1.00 e. The zero-order valence-electron chi connectivity index (χ0n) is 2.96. The molecule has 0 radical (unpaired) electrons. The van der Waals surface area contributed by atoms with Gasteiger partial charge < -0.3 is 4.70 Å². The topological polar surface area (TPSA) is 0 Å². The van der Waals surface area contributed by atoms with Gasteiger partial charge in [-0.25, -0.2) is 0 Å². The molecular formula is C2H6AlF. The largest absolute Gasteiger partial charge is 1.00 e. The fourth-order valence-electron chi connectivity index (χ4n) is 0. The summed E-state index contributed by atoms with van der Waals surface area (Å²) in [4.78, 5) is 0. The van der Waals surface area contributed by atoms with Gasteiger partial charge in [0.05, 0.1) is 0 Å². The fourth-order valence-corrected chi connectivity index (χ4v) is 0. The molecule has 0 aromatic heterocycles. The van der Waals surface area contributed by atoms with Crippen LogP contribution in [0.15, 0.2) is 0 Å². The number of hydrogen-bond acceptors (Lipinski definition) is 0. The molecular weight excluding hydrogens is 70.0 g/mol. The first-order chi connectivity index (χ1) is 1.41. The molecule has 0 saturated heterocycles. The van der Waals surface area contributed by atoms with Gasteiger partial charge in [0, 0.05) is 0 Å². The monoisotopic (exact) mass is 76.0 g/mol. The quantitative estimate of drug-likeness (QED) is 0.287. The van der Waals surface area contributed by atoms with Crippen molar-refractivity contribution in [3.05, 3.63) is 0 Å². The molecule has 0 aliphatic carbocycles. The van der Waals surface area contributed by atoms with Crippen molar-refractivity contribution in [3.63, 3.8) is 0 Å². The Balaban J connectivity index is 0. The van der Waals surface area contributed by atoms with Crippen molar-refractivity contribution < 1.29 is 4.70 Å². The predicted molar refractivity (Wildman–Crippen MR) is 17.5 cm³/mol. The van der Waals surface area contributed by atoms with E-state index in [0.717, 1.165) is 15.2 Å². The van der Waals surface area contributed by atoms with E-state index >= 15 is 0 Å². The molecule has 0 fully saturated rings. The summed E-state index contributed by atoms with van der Waals surface area (Å²) in [5, 5.41) is 0. The third-order valence-corrected chi connectivity index (χ3v) is 0. The van der Waals surface area contributed by atoms with Crippen LogP contribution in [0.2, 0.25) is 11.6 Å². The summed E-state index contributed by atoms with van der Waals surface area (Å²) in [6.07, 6.45) is 0. The molecule has 0 aromatic rings. The number of rotatable bonds is 0. The average molecular weight is 76.0 g/mol. The molecule has 0 heterocycles. The van der Waals surface area contributed by atoms with Gasteiger partial charge in [-0.1, -0.05) is 0 Å². The van der Waals surface area contributed by atoms with Crippen LogP contribution < -0.4 is 4.70 Å². The maximum Gasteiger partial charge on any atom is -1.00 e. The van der Waals surface area contributed by atoms with Gasteiger partial charge in [0.2, 0.25) is 0 Å². The third-order valence-electron chi connectivity index (χ3n) is 0. The summed E-state index contributed by atoms with van der Waals surface area (Å²) in [6.45, 7) is 0. The predicted octanol–water partition coefficient (Wildman–Crippen LogP) is -2.21. The van der Waals surface area contributed by atoms with Gasteiger partial charge in [-0.15, -0.1) is 0 Å². The second-order valence-corrected chi connectivity index (χ2v) is 1.73. The number of halogens is 1. The normalized spacial score (nSPS) is 2.50. The van der Waals surface area contributed by atoms with Crippen molar-refractivity contribution in [2.24, 2.45) is 0 Å². The summed E-state index contributed by atoms with van der Waals surface area (Å²) in [5.74, 6) is 4.42. The Bertz CT molecular complexity index is 6.00. The Hall–Kier alpha value is 0.462. The molecule has 0 spiro atoms. The Morgan fingerprint density at radius 1 is 1.25 bits per heavy atom. The van der Waals surface area contributed by atoms with E-state index in [1.54, 1.807) is 0 Å². The molecule has 0 aliphatic heterocycles. The summed E-state index contributed by atoms with van der Waals surface area (Å²) >= 11 is 0.750. The van der Waals surface area contributed by atoms with Crippen LogP contribution in [0.25, 0.3) is 0 Å². The number of hydrogen-bond donors (Lipinski definition) is 0. The first-order valence-corrected chi connectivity index (χ1v) is 3.46. The van der Waals surface area contributed by atoms with Crippen molar-refractivity contribution in [1.29, 1.82) is 0 Å². The van der Waals surface area contributed by atoms with Crippen LogP contribution in [0.4, 0.5) is 0 Å². The molecule has 2 heteroatoms. The van der Waals surface area contributed by atoms with Crippen molar-refractivity contribution in [2.45, 2.75) is 11.6 Å². The van der Waals surface area contributed by atoms with E-state index < -0.39 is 0 Å². The molecule has 0 aliphatic rings. The molecule has 0 unspecified atom stereocenters. The smallest absolute Gasteiger partial charge is 1.00 e. The average Bonchev–Trinajstić information content (AvgIpc) is 0.918. The van der Waals surface area contributed by atoms with Crippen LogP contribution in [0.5, 0.6) is 0 Å². The summed E-state index contributed by atoms with van der Waals surface area (Å²) in [6, 6.07) is 0. The molecule has 24 valence electrons. The Labute approximate surface area is 32.3 Å². The maximum absolute atomic E-state index is 2.21. The molecule has 4 heavy (non-hydrogen) atoms. The molecule has 0 amide bonds. The SMILES string of the molecule is [CH3][Al+][CH3].[F-]. The fraction of sp³-hybridized carbons (Fsp3) is 1.00. The van der Waals surface area contributed by atoms with Crippen molar-refractivity contribution in [3.8, 4) is 0 Å². The molecule has 0 bridgehead atoms. The van der Waals surface area contributed by atoms with E-state index in [4.69, 9.17) is 0 Å². The second-order valence-electron chi connectivity index (χ2n) is 0.577. The second kappa shape index (κ2) is 9.82. The van der Waals surface area contributed by atoms with E-state index in [2.05, 4.69) is 11.6 Å². The molecule has 0 saturated carbocycles. The van der Waals surface area contributed by atoms with Crippen molar-refractivity contribution in [2.75, 3.05) is 0 Å². The van der Waals surface area contributed by atoms with Gasteiger partial charge in [0.1, 0.15) is 0 Å². The Morgan fingerprint density at radius 3 is 1.25 bits per heavy atom. The molecule has 0 rings (SSSR count). The first-order valence-electron chi connectivity index (χ1n) is 1.15. The van der Waals surface area contributed by atoms with E-state index in [-0.39, 0.29) is 4.70 Å². The zero-order valence-corrected chi connectivity index (χ0v) is 4.11. The van der Waals surface area contributed by atoms with Gasteiger partial charge in [-0.3, -0.25) is 0 Å². The Morgan fingerprint density at radius 2 is 1.25 bits per heavy atom. The molecule has 0 aromatic carbocycles. The van der Waals surface area contributed by atoms with E-state index in [1.807, 2.05) is 0 Å². The van der Waals surface area contributed by atoms with Crippen LogP contribution >= 0.6 is 0 Å². The summed E-state index contributed by atoms with van der Waals surface area (Å²) in [5.41, 5.74) is 0. The van der Waals surface area contributed by atoms with E-state index in [1.165, 1.54) is 0 Å². The van der Waals surface area contributed by atoms with Crippen LogP contribution in [0.3, 0.4) is 0 Å². The summed E-state index contributed by atoms with van der Waals surface area (Å²) < 4.78 is 0. The van der Waals surface area contributed by atoms with Crippen LogP contribution in [-0.2, 0) is 0 Å². The first kappa shape index (κ1) is 8.82. The molecule has 0 N–H and O–H groups in total. The summed E-state index contributed by atoms with van der Waals surface area (Å²) in [7, 11) is 0. The van der Waals surface area contributed by atoms with Gasteiger partial charge in [-0.2, -0.15) is 0 Å².